The molecule has 0 unspecified atom stereocenters. The quantitative estimate of drug-likeness (QED) is 0.640. The first-order valence-corrected chi connectivity index (χ1v) is 14.1. The van der Waals surface area contributed by atoms with Crippen molar-refractivity contribution in [1.82, 2.24) is 14.5 Å². The first kappa shape index (κ1) is 22.7. The van der Waals surface area contributed by atoms with E-state index in [2.05, 4.69) is 26.9 Å². The molecule has 10 heteroatoms. The molecule has 6 rings (SSSR count). The van der Waals surface area contributed by atoms with E-state index in [4.69, 9.17) is 0 Å². The predicted molar refractivity (Wildman–Crippen MR) is 134 cm³/mol. The molecule has 2 aromatic rings. The van der Waals surface area contributed by atoms with Crippen LogP contribution in [0.2, 0.25) is 0 Å². The van der Waals surface area contributed by atoms with Crippen molar-refractivity contribution in [2.24, 2.45) is 5.92 Å². The van der Waals surface area contributed by atoms with E-state index >= 15 is 0 Å². The Morgan fingerprint density at radius 1 is 0.800 bits per heavy atom. The molecular weight excluding hydrogens is 464 g/mol. The van der Waals surface area contributed by atoms with Crippen LogP contribution in [0.25, 0.3) is 0 Å². The van der Waals surface area contributed by atoms with Gasteiger partial charge in [0.15, 0.2) is 11.6 Å². The van der Waals surface area contributed by atoms with Crippen molar-refractivity contribution in [3.05, 3.63) is 35.4 Å². The minimum Gasteiger partial charge on any atom is -0.355 e. The molecule has 0 saturated carbocycles. The SMILES string of the molecule is CC1CCN(c2ccc(N3CCN(S(=O)(=O)c4cc5c6c(c4)CCN6C(=O)CC5)CC3)nn2)CC1. The van der Waals surface area contributed by atoms with Gasteiger partial charge in [0.2, 0.25) is 15.9 Å². The molecule has 2 fully saturated rings. The van der Waals surface area contributed by atoms with E-state index in [9.17, 15) is 13.2 Å². The van der Waals surface area contributed by atoms with Gasteiger partial charge in [-0.05, 0) is 67.0 Å². The summed E-state index contributed by atoms with van der Waals surface area (Å²) in [4.78, 5) is 18.8. The van der Waals surface area contributed by atoms with Crippen LogP contribution in [-0.2, 0) is 27.7 Å². The average molecular weight is 497 g/mol. The van der Waals surface area contributed by atoms with E-state index in [1.807, 2.05) is 17.0 Å². The van der Waals surface area contributed by atoms with Crippen molar-refractivity contribution < 1.29 is 13.2 Å². The van der Waals surface area contributed by atoms with Gasteiger partial charge in [-0.1, -0.05) is 6.92 Å². The maximum atomic E-state index is 13.5. The van der Waals surface area contributed by atoms with Crippen molar-refractivity contribution >= 4 is 33.3 Å². The van der Waals surface area contributed by atoms with Gasteiger partial charge in [0, 0.05) is 52.2 Å². The Morgan fingerprint density at radius 2 is 1.40 bits per heavy atom. The van der Waals surface area contributed by atoms with Crippen molar-refractivity contribution in [3.63, 3.8) is 0 Å². The maximum Gasteiger partial charge on any atom is 0.243 e. The third kappa shape index (κ3) is 4.06. The van der Waals surface area contributed by atoms with Crippen LogP contribution in [0.15, 0.2) is 29.2 Å². The fraction of sp³-hybridized carbons (Fsp3) is 0.560. The summed E-state index contributed by atoms with van der Waals surface area (Å²) >= 11 is 0. The van der Waals surface area contributed by atoms with Gasteiger partial charge >= 0.3 is 0 Å². The summed E-state index contributed by atoms with van der Waals surface area (Å²) in [5, 5.41) is 8.92. The number of piperidine rings is 1. The second-order valence-corrected chi connectivity index (χ2v) is 12.1. The number of hydrogen-bond donors (Lipinski definition) is 0. The van der Waals surface area contributed by atoms with Crippen molar-refractivity contribution in [2.45, 2.75) is 43.9 Å². The van der Waals surface area contributed by atoms with Crippen LogP contribution in [0, 0.1) is 5.92 Å². The summed E-state index contributed by atoms with van der Waals surface area (Å²) in [5.74, 6) is 2.63. The molecule has 4 aliphatic rings. The van der Waals surface area contributed by atoms with Gasteiger partial charge in [0.1, 0.15) is 0 Å². The molecule has 0 atom stereocenters. The standard InChI is InChI=1S/C25H32N6O3S/c1-18-6-9-28(10-7-18)22-3-4-23(27-26-22)29-12-14-30(15-13-29)35(33,34)21-16-19-2-5-24(32)31-11-8-20(17-21)25(19)31/h3-4,16-18H,2,5-15H2,1H3. The second-order valence-electron chi connectivity index (χ2n) is 10.2. The highest BCUT2D eigenvalue weighted by Crippen LogP contribution is 2.39. The number of hydrogen-bond acceptors (Lipinski definition) is 7. The Bertz CT molecular complexity index is 1230. The summed E-state index contributed by atoms with van der Waals surface area (Å²) in [6, 6.07) is 7.61. The number of amides is 1. The van der Waals surface area contributed by atoms with Crippen molar-refractivity contribution in [3.8, 4) is 0 Å². The normalized spacial score (nSPS) is 21.5. The van der Waals surface area contributed by atoms with Gasteiger partial charge in [0.05, 0.1) is 10.6 Å². The first-order chi connectivity index (χ1) is 16.9. The number of aromatic nitrogens is 2. The lowest BCUT2D eigenvalue weighted by atomic mass is 9.99. The summed E-state index contributed by atoms with van der Waals surface area (Å²) < 4.78 is 28.6. The molecule has 0 radical (unpaired) electrons. The lowest BCUT2D eigenvalue weighted by molar-refractivity contribution is -0.118. The minimum absolute atomic E-state index is 0.143. The minimum atomic E-state index is -3.59. The van der Waals surface area contributed by atoms with Gasteiger partial charge in [-0.3, -0.25) is 4.79 Å². The van der Waals surface area contributed by atoms with Crippen LogP contribution in [0.3, 0.4) is 0 Å². The highest BCUT2D eigenvalue weighted by atomic mass is 32.2. The zero-order valence-electron chi connectivity index (χ0n) is 20.2. The van der Waals surface area contributed by atoms with Crippen LogP contribution >= 0.6 is 0 Å². The Labute approximate surface area is 206 Å². The summed E-state index contributed by atoms with van der Waals surface area (Å²) in [7, 11) is -3.59. The number of anilines is 3. The van der Waals surface area contributed by atoms with Crippen LogP contribution in [0.5, 0.6) is 0 Å². The molecule has 1 aromatic carbocycles. The van der Waals surface area contributed by atoms with E-state index in [1.54, 1.807) is 16.4 Å². The smallest absolute Gasteiger partial charge is 0.243 e. The number of sulfonamides is 1. The van der Waals surface area contributed by atoms with Crippen molar-refractivity contribution in [2.75, 3.05) is 60.5 Å². The molecule has 186 valence electrons. The van der Waals surface area contributed by atoms with E-state index < -0.39 is 10.0 Å². The molecule has 1 aromatic heterocycles. The van der Waals surface area contributed by atoms with Crippen LogP contribution in [0.1, 0.15) is 37.3 Å². The van der Waals surface area contributed by atoms with Crippen LogP contribution in [0.4, 0.5) is 17.3 Å². The van der Waals surface area contributed by atoms with Gasteiger partial charge in [-0.15, -0.1) is 10.2 Å². The number of nitrogens with zero attached hydrogens (tertiary/aromatic N) is 6. The first-order valence-electron chi connectivity index (χ1n) is 12.7. The highest BCUT2D eigenvalue weighted by Gasteiger charge is 2.35. The summed E-state index contributed by atoms with van der Waals surface area (Å²) in [6.45, 7) is 6.96. The fourth-order valence-corrected chi connectivity index (χ4v) is 7.30. The Morgan fingerprint density at radius 3 is 2.03 bits per heavy atom. The van der Waals surface area contributed by atoms with Crippen LogP contribution in [-0.4, -0.2) is 74.6 Å². The maximum absolute atomic E-state index is 13.5. The molecule has 2 saturated heterocycles. The van der Waals surface area contributed by atoms with Crippen molar-refractivity contribution in [1.29, 1.82) is 0 Å². The fourth-order valence-electron chi connectivity index (χ4n) is 5.77. The number of aryl methyl sites for hydroxylation is 1. The molecule has 0 bridgehead atoms. The Balaban J connectivity index is 1.13. The Hall–Kier alpha value is -2.72. The zero-order valence-corrected chi connectivity index (χ0v) is 21.0. The predicted octanol–water partition coefficient (Wildman–Crippen LogP) is 2.06. The number of carbonyl (C=O) groups is 1. The zero-order chi connectivity index (χ0) is 24.2. The Kier molecular flexibility index (Phi) is 5.68. The third-order valence-corrected chi connectivity index (χ3v) is 9.85. The largest absolute Gasteiger partial charge is 0.355 e. The van der Waals surface area contributed by atoms with E-state index in [0.29, 0.717) is 50.5 Å². The van der Waals surface area contributed by atoms with E-state index in [0.717, 1.165) is 53.9 Å². The molecule has 9 nitrogen and oxygen atoms in total. The van der Waals surface area contributed by atoms with Gasteiger partial charge in [-0.2, -0.15) is 4.31 Å². The molecule has 0 aliphatic carbocycles. The van der Waals surface area contributed by atoms with Gasteiger partial charge in [0.25, 0.3) is 0 Å². The molecule has 35 heavy (non-hydrogen) atoms. The highest BCUT2D eigenvalue weighted by molar-refractivity contribution is 7.89. The second kappa shape index (κ2) is 8.74. The molecule has 0 N–H and O–H groups in total. The molecule has 0 spiro atoms. The monoisotopic (exact) mass is 496 g/mol. The molecule has 4 aliphatic heterocycles. The third-order valence-electron chi connectivity index (χ3n) is 7.97. The number of carbonyl (C=O) groups excluding carboxylic acids is 1. The van der Waals surface area contributed by atoms with Crippen LogP contribution < -0.4 is 14.7 Å². The van der Waals surface area contributed by atoms with Gasteiger partial charge < -0.3 is 14.7 Å². The molecular formula is C25H32N6O3S. The lowest BCUT2D eigenvalue weighted by Crippen LogP contribution is -2.49. The topological polar surface area (TPSA) is 90.0 Å². The number of piperazine rings is 1. The lowest BCUT2D eigenvalue weighted by Gasteiger charge is -2.35. The summed E-state index contributed by atoms with van der Waals surface area (Å²) in [5.41, 5.74) is 2.91. The van der Waals surface area contributed by atoms with E-state index in [-0.39, 0.29) is 5.91 Å². The molecule has 5 heterocycles. The van der Waals surface area contributed by atoms with E-state index in [1.165, 1.54) is 12.8 Å². The number of benzene rings is 1. The van der Waals surface area contributed by atoms with Gasteiger partial charge in [-0.25, -0.2) is 8.42 Å². The average Bonchev–Trinajstić information content (AvgIpc) is 3.32. The summed E-state index contributed by atoms with van der Waals surface area (Å²) in [6.07, 6.45) is 4.14. The molecule has 1 amide bonds. The number of rotatable bonds is 4.